The molecule has 0 aliphatic rings. The molecular weight excluding hydrogens is 208 g/mol. The van der Waals surface area contributed by atoms with Gasteiger partial charge < -0.3 is 5.73 Å². The molecule has 0 spiro atoms. The van der Waals surface area contributed by atoms with Crippen LogP contribution in [0.1, 0.15) is 5.56 Å². The summed E-state index contributed by atoms with van der Waals surface area (Å²) < 4.78 is 0. The average molecular weight is 219 g/mol. The Hall–Kier alpha value is -1.38. The summed E-state index contributed by atoms with van der Waals surface area (Å²) in [4.78, 5) is 4.28. The van der Waals surface area contributed by atoms with Crippen molar-refractivity contribution in [3.05, 3.63) is 53.2 Å². The van der Waals surface area contributed by atoms with Crippen molar-refractivity contribution in [2.45, 2.75) is 6.54 Å². The van der Waals surface area contributed by atoms with Crippen molar-refractivity contribution in [2.24, 2.45) is 5.73 Å². The molecular formula is C12H11ClN2. The molecule has 1 heterocycles. The van der Waals surface area contributed by atoms with Gasteiger partial charge in [0.1, 0.15) is 0 Å². The first-order chi connectivity index (χ1) is 7.33. The van der Waals surface area contributed by atoms with E-state index in [0.29, 0.717) is 11.6 Å². The van der Waals surface area contributed by atoms with Gasteiger partial charge >= 0.3 is 0 Å². The molecule has 2 nitrogen and oxygen atoms in total. The number of hydrogen-bond acceptors (Lipinski definition) is 2. The van der Waals surface area contributed by atoms with Crippen LogP contribution in [0.25, 0.3) is 11.3 Å². The van der Waals surface area contributed by atoms with Crippen LogP contribution in [0.15, 0.2) is 42.6 Å². The largest absolute Gasteiger partial charge is 0.326 e. The lowest BCUT2D eigenvalue weighted by Crippen LogP contribution is -1.99. The average Bonchev–Trinajstić information content (AvgIpc) is 2.29. The zero-order valence-electron chi connectivity index (χ0n) is 8.15. The van der Waals surface area contributed by atoms with Crippen LogP contribution < -0.4 is 5.73 Å². The first-order valence-electron chi connectivity index (χ1n) is 4.72. The summed E-state index contributed by atoms with van der Waals surface area (Å²) in [6, 6.07) is 11.5. The standard InChI is InChI=1S/C12H11ClN2/c13-10-5-3-4-9(8-14)12(10)11-6-1-2-7-15-11/h1-7H,8,14H2. The third kappa shape index (κ3) is 2.01. The fourth-order valence-electron chi connectivity index (χ4n) is 1.54. The minimum atomic E-state index is 0.465. The second kappa shape index (κ2) is 4.43. The van der Waals surface area contributed by atoms with Crippen molar-refractivity contribution in [1.29, 1.82) is 0 Å². The second-order valence-electron chi connectivity index (χ2n) is 3.19. The Morgan fingerprint density at radius 3 is 2.67 bits per heavy atom. The number of aromatic nitrogens is 1. The number of rotatable bonds is 2. The van der Waals surface area contributed by atoms with Crippen LogP contribution in [0.2, 0.25) is 5.02 Å². The van der Waals surface area contributed by atoms with E-state index in [-0.39, 0.29) is 0 Å². The molecule has 0 radical (unpaired) electrons. The van der Waals surface area contributed by atoms with Crippen LogP contribution in [-0.2, 0) is 6.54 Å². The SMILES string of the molecule is NCc1cccc(Cl)c1-c1ccccn1. The van der Waals surface area contributed by atoms with Gasteiger partial charge in [-0.05, 0) is 23.8 Å². The van der Waals surface area contributed by atoms with Crippen molar-refractivity contribution in [3.63, 3.8) is 0 Å². The Bertz CT molecular complexity index is 454. The molecule has 2 aromatic rings. The second-order valence-corrected chi connectivity index (χ2v) is 3.60. The summed E-state index contributed by atoms with van der Waals surface area (Å²) in [5.74, 6) is 0. The molecule has 1 aromatic carbocycles. The highest BCUT2D eigenvalue weighted by Gasteiger charge is 2.08. The molecule has 0 bridgehead atoms. The molecule has 76 valence electrons. The summed E-state index contributed by atoms with van der Waals surface area (Å²) in [6.07, 6.45) is 1.75. The van der Waals surface area contributed by atoms with Crippen molar-refractivity contribution >= 4 is 11.6 Å². The minimum Gasteiger partial charge on any atom is -0.326 e. The molecule has 0 saturated carbocycles. The van der Waals surface area contributed by atoms with Gasteiger partial charge in [0.05, 0.1) is 10.7 Å². The van der Waals surface area contributed by atoms with Crippen molar-refractivity contribution in [2.75, 3.05) is 0 Å². The Morgan fingerprint density at radius 2 is 2.00 bits per heavy atom. The molecule has 15 heavy (non-hydrogen) atoms. The summed E-state index contributed by atoms with van der Waals surface area (Å²) in [6.45, 7) is 0.465. The highest BCUT2D eigenvalue weighted by atomic mass is 35.5. The van der Waals surface area contributed by atoms with Crippen molar-refractivity contribution in [3.8, 4) is 11.3 Å². The van der Waals surface area contributed by atoms with Crippen molar-refractivity contribution < 1.29 is 0 Å². The van der Waals surface area contributed by atoms with E-state index >= 15 is 0 Å². The monoisotopic (exact) mass is 218 g/mol. The van der Waals surface area contributed by atoms with Gasteiger partial charge in [-0.1, -0.05) is 29.8 Å². The van der Waals surface area contributed by atoms with Gasteiger partial charge in [-0.2, -0.15) is 0 Å². The molecule has 0 unspecified atom stereocenters. The van der Waals surface area contributed by atoms with Gasteiger partial charge in [0.15, 0.2) is 0 Å². The first kappa shape index (κ1) is 10.1. The molecule has 0 amide bonds. The molecule has 1 aromatic heterocycles. The molecule has 0 atom stereocenters. The highest BCUT2D eigenvalue weighted by molar-refractivity contribution is 6.33. The van der Waals surface area contributed by atoms with Crippen LogP contribution in [0, 0.1) is 0 Å². The Kier molecular flexibility index (Phi) is 2.99. The lowest BCUT2D eigenvalue weighted by atomic mass is 10.0. The Balaban J connectivity index is 2.61. The van der Waals surface area contributed by atoms with Crippen LogP contribution >= 0.6 is 11.6 Å². The summed E-state index contributed by atoms with van der Waals surface area (Å²) in [5.41, 5.74) is 8.48. The predicted octanol–water partition coefficient (Wildman–Crippen LogP) is 2.86. The highest BCUT2D eigenvalue weighted by Crippen LogP contribution is 2.29. The van der Waals surface area contributed by atoms with E-state index in [1.54, 1.807) is 6.20 Å². The Labute approximate surface area is 93.7 Å². The molecule has 3 heteroatoms. The quantitative estimate of drug-likeness (QED) is 0.842. The maximum atomic E-state index is 6.15. The lowest BCUT2D eigenvalue weighted by Gasteiger charge is -2.08. The maximum absolute atomic E-state index is 6.15. The lowest BCUT2D eigenvalue weighted by molar-refractivity contribution is 1.07. The molecule has 2 rings (SSSR count). The summed E-state index contributed by atoms with van der Waals surface area (Å²) in [5, 5.41) is 0.691. The number of nitrogens with zero attached hydrogens (tertiary/aromatic N) is 1. The molecule has 0 aliphatic heterocycles. The van der Waals surface area contributed by atoms with Crippen molar-refractivity contribution in [1.82, 2.24) is 4.98 Å². The third-order valence-electron chi connectivity index (χ3n) is 2.24. The van der Waals surface area contributed by atoms with Crippen LogP contribution in [0.5, 0.6) is 0 Å². The van der Waals surface area contributed by atoms with Crippen LogP contribution in [0.3, 0.4) is 0 Å². The van der Waals surface area contributed by atoms with E-state index < -0.39 is 0 Å². The van der Waals surface area contributed by atoms with Gasteiger partial charge in [-0.3, -0.25) is 4.98 Å². The van der Waals surface area contributed by atoms with E-state index in [9.17, 15) is 0 Å². The normalized spacial score (nSPS) is 10.3. The number of pyridine rings is 1. The molecule has 2 N–H and O–H groups in total. The molecule has 0 saturated heterocycles. The van der Waals surface area contributed by atoms with E-state index in [1.165, 1.54) is 0 Å². The summed E-state index contributed by atoms with van der Waals surface area (Å²) in [7, 11) is 0. The van der Waals surface area contributed by atoms with Crippen LogP contribution in [-0.4, -0.2) is 4.98 Å². The number of nitrogens with two attached hydrogens (primary N) is 1. The Morgan fingerprint density at radius 1 is 1.13 bits per heavy atom. The predicted molar refractivity (Wildman–Crippen MR) is 62.6 cm³/mol. The van der Waals surface area contributed by atoms with Gasteiger partial charge in [0, 0.05) is 18.3 Å². The fourth-order valence-corrected chi connectivity index (χ4v) is 1.83. The minimum absolute atomic E-state index is 0.465. The van der Waals surface area contributed by atoms with Crippen LogP contribution in [0.4, 0.5) is 0 Å². The smallest absolute Gasteiger partial charge is 0.0720 e. The zero-order valence-corrected chi connectivity index (χ0v) is 8.91. The van der Waals surface area contributed by atoms with Gasteiger partial charge in [0.2, 0.25) is 0 Å². The first-order valence-corrected chi connectivity index (χ1v) is 5.09. The third-order valence-corrected chi connectivity index (χ3v) is 2.56. The van der Waals surface area contributed by atoms with E-state index in [0.717, 1.165) is 16.8 Å². The number of hydrogen-bond donors (Lipinski definition) is 1. The van der Waals surface area contributed by atoms with Gasteiger partial charge in [0.25, 0.3) is 0 Å². The van der Waals surface area contributed by atoms with Gasteiger partial charge in [-0.25, -0.2) is 0 Å². The van der Waals surface area contributed by atoms with E-state index in [4.69, 9.17) is 17.3 Å². The topological polar surface area (TPSA) is 38.9 Å². The molecule has 0 fully saturated rings. The maximum Gasteiger partial charge on any atom is 0.0720 e. The number of halogens is 1. The number of benzene rings is 1. The van der Waals surface area contributed by atoms with Gasteiger partial charge in [-0.15, -0.1) is 0 Å². The fraction of sp³-hybridized carbons (Fsp3) is 0.0833. The zero-order chi connectivity index (χ0) is 10.7. The molecule has 0 aliphatic carbocycles. The summed E-state index contributed by atoms with van der Waals surface area (Å²) >= 11 is 6.15. The van der Waals surface area contributed by atoms with E-state index in [2.05, 4.69) is 4.98 Å². The van der Waals surface area contributed by atoms with E-state index in [1.807, 2.05) is 36.4 Å².